The average Bonchev–Trinajstić information content (AvgIpc) is 2.34. The number of nitro benzene ring substituents is 1. The molecule has 0 atom stereocenters. The van der Waals surface area contributed by atoms with Crippen molar-refractivity contribution in [3.8, 4) is 5.75 Å². The lowest BCUT2D eigenvalue weighted by Gasteiger charge is -2.00. The maximum atomic E-state index is 10.9. The first-order valence-electron chi connectivity index (χ1n) is 5.02. The zero-order chi connectivity index (χ0) is 13.1. The molecule has 0 aliphatic heterocycles. The van der Waals surface area contributed by atoms with Gasteiger partial charge in [-0.25, -0.2) is 4.99 Å². The third-order valence-electron chi connectivity index (χ3n) is 2.25. The minimum Gasteiger partial charge on any atom is -0.502 e. The molecular formula is C12H8N2O4. The number of hydrogen-bond acceptors (Lipinski definition) is 5. The molecule has 1 aromatic carbocycles. The molecule has 0 heterocycles. The Morgan fingerprint density at radius 2 is 1.83 bits per heavy atom. The van der Waals surface area contributed by atoms with E-state index in [0.29, 0.717) is 11.4 Å². The van der Waals surface area contributed by atoms with Crippen molar-refractivity contribution in [2.45, 2.75) is 0 Å². The molecule has 0 radical (unpaired) electrons. The van der Waals surface area contributed by atoms with Crippen LogP contribution in [-0.2, 0) is 4.79 Å². The molecule has 1 aliphatic carbocycles. The standard InChI is InChI=1S/C12H8N2O4/c15-10-4-1-8(2-5-10)13-9-3-6-12(16)11(7-9)14(17)18/h1-7,16H. The van der Waals surface area contributed by atoms with Crippen LogP contribution >= 0.6 is 0 Å². The van der Waals surface area contributed by atoms with Crippen LogP contribution in [0, 0.1) is 10.1 Å². The molecule has 0 bridgehead atoms. The topological polar surface area (TPSA) is 92.8 Å². The Morgan fingerprint density at radius 1 is 1.17 bits per heavy atom. The van der Waals surface area contributed by atoms with Crippen LogP contribution in [0.1, 0.15) is 0 Å². The van der Waals surface area contributed by atoms with E-state index < -0.39 is 16.4 Å². The van der Waals surface area contributed by atoms with Gasteiger partial charge in [-0.3, -0.25) is 14.9 Å². The summed E-state index contributed by atoms with van der Waals surface area (Å²) in [6.07, 6.45) is 5.74. The van der Waals surface area contributed by atoms with Crippen LogP contribution in [0.25, 0.3) is 0 Å². The van der Waals surface area contributed by atoms with Crippen molar-refractivity contribution in [2.24, 2.45) is 4.99 Å². The number of nitro groups is 1. The van der Waals surface area contributed by atoms with Gasteiger partial charge in [-0.1, -0.05) is 0 Å². The molecule has 0 fully saturated rings. The zero-order valence-electron chi connectivity index (χ0n) is 9.11. The van der Waals surface area contributed by atoms with Crippen molar-refractivity contribution in [3.05, 3.63) is 52.6 Å². The Bertz CT molecular complexity index is 597. The van der Waals surface area contributed by atoms with Gasteiger partial charge in [-0.15, -0.1) is 0 Å². The Morgan fingerprint density at radius 3 is 2.44 bits per heavy atom. The van der Waals surface area contributed by atoms with E-state index in [2.05, 4.69) is 4.99 Å². The summed E-state index contributed by atoms with van der Waals surface area (Å²) in [4.78, 5) is 25.0. The van der Waals surface area contributed by atoms with Gasteiger partial charge in [0.15, 0.2) is 11.5 Å². The number of hydrogen-bond donors (Lipinski definition) is 1. The van der Waals surface area contributed by atoms with E-state index in [1.165, 1.54) is 42.5 Å². The van der Waals surface area contributed by atoms with E-state index in [4.69, 9.17) is 0 Å². The highest BCUT2D eigenvalue weighted by molar-refractivity contribution is 6.17. The maximum Gasteiger partial charge on any atom is 0.312 e. The predicted octanol–water partition coefficient (Wildman–Crippen LogP) is 2.07. The first-order valence-corrected chi connectivity index (χ1v) is 5.02. The number of carbonyl (C=O) groups excluding carboxylic acids is 1. The lowest BCUT2D eigenvalue weighted by molar-refractivity contribution is -0.385. The van der Waals surface area contributed by atoms with Gasteiger partial charge < -0.3 is 5.11 Å². The van der Waals surface area contributed by atoms with Crippen molar-refractivity contribution in [1.29, 1.82) is 0 Å². The van der Waals surface area contributed by atoms with Crippen molar-refractivity contribution in [1.82, 2.24) is 0 Å². The normalized spacial score (nSPS) is 13.8. The van der Waals surface area contributed by atoms with Crippen molar-refractivity contribution < 1.29 is 14.8 Å². The molecule has 0 saturated heterocycles. The van der Waals surface area contributed by atoms with Crippen LogP contribution in [0.5, 0.6) is 5.75 Å². The molecule has 1 aliphatic rings. The summed E-state index contributed by atoms with van der Waals surface area (Å²) in [7, 11) is 0. The summed E-state index contributed by atoms with van der Waals surface area (Å²) >= 11 is 0. The Hall–Kier alpha value is -2.76. The van der Waals surface area contributed by atoms with E-state index in [-0.39, 0.29) is 5.78 Å². The molecule has 0 unspecified atom stereocenters. The molecule has 0 saturated carbocycles. The highest BCUT2D eigenvalue weighted by Gasteiger charge is 2.13. The molecule has 1 aromatic rings. The third-order valence-corrected chi connectivity index (χ3v) is 2.25. The van der Waals surface area contributed by atoms with Crippen LogP contribution in [0.15, 0.2) is 47.5 Å². The number of aliphatic imine (C=N–C) groups is 1. The number of phenols is 1. The smallest absolute Gasteiger partial charge is 0.312 e. The minimum atomic E-state index is -0.685. The van der Waals surface area contributed by atoms with Gasteiger partial charge in [0.05, 0.1) is 16.3 Å². The van der Waals surface area contributed by atoms with E-state index >= 15 is 0 Å². The van der Waals surface area contributed by atoms with Crippen LogP contribution < -0.4 is 0 Å². The molecule has 90 valence electrons. The third kappa shape index (κ3) is 2.49. The summed E-state index contributed by atoms with van der Waals surface area (Å²) in [6.45, 7) is 0. The molecule has 18 heavy (non-hydrogen) atoms. The number of rotatable bonds is 2. The Kier molecular flexibility index (Phi) is 3.01. The lowest BCUT2D eigenvalue weighted by Crippen LogP contribution is -1.98. The monoisotopic (exact) mass is 244 g/mol. The van der Waals surface area contributed by atoms with E-state index in [0.717, 1.165) is 0 Å². The molecule has 6 heteroatoms. The van der Waals surface area contributed by atoms with Gasteiger partial charge in [-0.05, 0) is 36.4 Å². The second-order valence-electron chi connectivity index (χ2n) is 3.54. The number of allylic oxidation sites excluding steroid dienone is 4. The Balaban J connectivity index is 2.36. The molecule has 1 N–H and O–H groups in total. The number of phenolic OH excluding ortho intramolecular Hbond substituents is 1. The van der Waals surface area contributed by atoms with Gasteiger partial charge in [0.2, 0.25) is 0 Å². The maximum absolute atomic E-state index is 10.9. The van der Waals surface area contributed by atoms with Crippen molar-refractivity contribution in [3.63, 3.8) is 0 Å². The fourth-order valence-electron chi connectivity index (χ4n) is 1.40. The van der Waals surface area contributed by atoms with Gasteiger partial charge >= 0.3 is 5.69 Å². The highest BCUT2D eigenvalue weighted by atomic mass is 16.6. The average molecular weight is 244 g/mol. The molecule has 0 aromatic heterocycles. The number of carbonyl (C=O) groups is 1. The van der Waals surface area contributed by atoms with E-state index in [9.17, 15) is 20.0 Å². The zero-order valence-corrected chi connectivity index (χ0v) is 9.11. The van der Waals surface area contributed by atoms with Crippen LogP contribution in [0.4, 0.5) is 11.4 Å². The van der Waals surface area contributed by atoms with E-state index in [1.807, 2.05) is 0 Å². The molecular weight excluding hydrogens is 236 g/mol. The van der Waals surface area contributed by atoms with Crippen LogP contribution in [0.2, 0.25) is 0 Å². The van der Waals surface area contributed by atoms with Gasteiger partial charge in [0.1, 0.15) is 0 Å². The van der Waals surface area contributed by atoms with Crippen molar-refractivity contribution in [2.75, 3.05) is 0 Å². The van der Waals surface area contributed by atoms with Gasteiger partial charge in [0, 0.05) is 6.07 Å². The predicted molar refractivity (Wildman–Crippen MR) is 65.1 cm³/mol. The lowest BCUT2D eigenvalue weighted by atomic mass is 10.1. The Labute approximate surface area is 102 Å². The van der Waals surface area contributed by atoms with Crippen molar-refractivity contribution >= 4 is 22.9 Å². The first kappa shape index (κ1) is 11.7. The number of ketones is 1. The fourth-order valence-corrected chi connectivity index (χ4v) is 1.40. The second-order valence-corrected chi connectivity index (χ2v) is 3.54. The van der Waals surface area contributed by atoms with Crippen LogP contribution in [0.3, 0.4) is 0 Å². The molecule has 2 rings (SSSR count). The number of benzene rings is 1. The first-order chi connectivity index (χ1) is 8.56. The molecule has 0 amide bonds. The summed E-state index contributed by atoms with van der Waals surface area (Å²) in [5.41, 5.74) is 0.435. The molecule has 6 nitrogen and oxygen atoms in total. The second kappa shape index (κ2) is 4.62. The summed E-state index contributed by atoms with van der Waals surface area (Å²) in [5.74, 6) is -0.542. The van der Waals surface area contributed by atoms with Gasteiger partial charge in [0.25, 0.3) is 0 Å². The highest BCUT2D eigenvalue weighted by Crippen LogP contribution is 2.30. The SMILES string of the molecule is O=C1C=CC(=Nc2ccc(O)c([N+](=O)[O-])c2)C=C1. The quantitative estimate of drug-likeness (QED) is 0.489. The van der Waals surface area contributed by atoms with E-state index in [1.54, 1.807) is 0 Å². The molecule has 0 spiro atoms. The summed E-state index contributed by atoms with van der Waals surface area (Å²) in [5, 5.41) is 19.9. The number of aromatic hydroxyl groups is 1. The number of nitrogens with zero attached hydrogens (tertiary/aromatic N) is 2. The summed E-state index contributed by atoms with van der Waals surface area (Å²) in [6, 6.07) is 3.83. The minimum absolute atomic E-state index is 0.134. The van der Waals surface area contributed by atoms with Crippen LogP contribution in [-0.4, -0.2) is 21.5 Å². The largest absolute Gasteiger partial charge is 0.502 e. The fraction of sp³-hybridized carbons (Fsp3) is 0. The summed E-state index contributed by atoms with van der Waals surface area (Å²) < 4.78 is 0. The van der Waals surface area contributed by atoms with Gasteiger partial charge in [-0.2, -0.15) is 0 Å².